The summed E-state index contributed by atoms with van der Waals surface area (Å²) in [5, 5.41) is 0. The second kappa shape index (κ2) is 9.60. The lowest BCUT2D eigenvalue weighted by Gasteiger charge is -2.25. The molecule has 1 amide bonds. The summed E-state index contributed by atoms with van der Waals surface area (Å²) in [5.41, 5.74) is 3.70. The van der Waals surface area contributed by atoms with E-state index in [2.05, 4.69) is 4.98 Å². The first-order valence-electron chi connectivity index (χ1n) is 9.91. The Labute approximate surface area is 166 Å². The molecule has 148 valence electrons. The summed E-state index contributed by atoms with van der Waals surface area (Å²) in [7, 11) is 0. The van der Waals surface area contributed by atoms with Crippen LogP contribution in [0.25, 0.3) is 0 Å². The van der Waals surface area contributed by atoms with Crippen molar-refractivity contribution < 1.29 is 14.3 Å². The van der Waals surface area contributed by atoms with Gasteiger partial charge in [0.25, 0.3) is 0 Å². The highest BCUT2D eigenvalue weighted by Gasteiger charge is 2.23. The van der Waals surface area contributed by atoms with E-state index in [1.165, 1.54) is 0 Å². The van der Waals surface area contributed by atoms with Gasteiger partial charge in [-0.15, -0.1) is 0 Å². The number of aryl methyl sites for hydroxylation is 2. The Hall–Kier alpha value is -2.53. The van der Waals surface area contributed by atoms with E-state index in [9.17, 15) is 9.59 Å². The van der Waals surface area contributed by atoms with Crippen LogP contribution in [-0.4, -0.2) is 40.8 Å². The highest BCUT2D eigenvalue weighted by molar-refractivity contribution is 5.99. The third kappa shape index (κ3) is 5.49. The molecule has 1 saturated heterocycles. The second-order valence-corrected chi connectivity index (χ2v) is 7.51. The van der Waals surface area contributed by atoms with E-state index in [-0.39, 0.29) is 30.6 Å². The smallest absolute Gasteiger partial charge is 0.223 e. The molecule has 1 aromatic heterocycles. The van der Waals surface area contributed by atoms with Crippen molar-refractivity contribution in [3.8, 4) is 0 Å². The van der Waals surface area contributed by atoms with Crippen molar-refractivity contribution in [1.82, 2.24) is 9.88 Å². The first-order chi connectivity index (χ1) is 13.5. The van der Waals surface area contributed by atoms with Crippen molar-refractivity contribution in [2.45, 2.75) is 52.2 Å². The molecule has 0 bridgehead atoms. The lowest BCUT2D eigenvalue weighted by Crippen LogP contribution is -2.37. The molecule has 3 rings (SSSR count). The van der Waals surface area contributed by atoms with Crippen molar-refractivity contribution in [3.63, 3.8) is 0 Å². The van der Waals surface area contributed by atoms with Crippen molar-refractivity contribution in [3.05, 3.63) is 65.0 Å². The van der Waals surface area contributed by atoms with Gasteiger partial charge in [0.2, 0.25) is 5.91 Å². The van der Waals surface area contributed by atoms with Crippen molar-refractivity contribution in [1.29, 1.82) is 0 Å². The quantitative estimate of drug-likeness (QED) is 0.652. The summed E-state index contributed by atoms with van der Waals surface area (Å²) in [6, 6.07) is 9.69. The Morgan fingerprint density at radius 3 is 2.79 bits per heavy atom. The van der Waals surface area contributed by atoms with Crippen LogP contribution in [0.1, 0.15) is 52.7 Å². The Morgan fingerprint density at radius 2 is 2.07 bits per heavy atom. The standard InChI is InChI=1S/C23H28N2O3/c1-17-7-8-18(2)21(13-17)22(26)9-10-23(27)25(16-20-6-4-12-28-20)15-19-5-3-11-24-14-19/h3,5,7-8,11,13-14,20H,4,6,9-10,12,15-16H2,1-2H3. The summed E-state index contributed by atoms with van der Waals surface area (Å²) in [5.74, 6) is 0.00556. The van der Waals surface area contributed by atoms with Crippen molar-refractivity contribution in [2.75, 3.05) is 13.2 Å². The molecule has 1 aromatic carbocycles. The molecule has 28 heavy (non-hydrogen) atoms. The SMILES string of the molecule is Cc1ccc(C)c(C(=O)CCC(=O)N(Cc2cccnc2)CC2CCCO2)c1. The maximum atomic E-state index is 12.9. The predicted molar refractivity (Wildman–Crippen MR) is 108 cm³/mol. The van der Waals surface area contributed by atoms with E-state index in [0.717, 1.165) is 36.1 Å². The molecule has 0 aliphatic carbocycles. The molecule has 5 nitrogen and oxygen atoms in total. The van der Waals surface area contributed by atoms with Gasteiger partial charge in [-0.3, -0.25) is 14.6 Å². The average molecular weight is 380 g/mol. The number of ketones is 1. The topological polar surface area (TPSA) is 59.5 Å². The Bertz CT molecular complexity index is 814. The molecule has 2 heterocycles. The molecule has 0 N–H and O–H groups in total. The number of hydrogen-bond donors (Lipinski definition) is 0. The van der Waals surface area contributed by atoms with Gasteiger partial charge in [0, 0.05) is 50.5 Å². The van der Waals surface area contributed by atoms with Crippen LogP contribution in [-0.2, 0) is 16.1 Å². The maximum absolute atomic E-state index is 12.9. The first kappa shape index (κ1) is 20.2. The summed E-state index contributed by atoms with van der Waals surface area (Å²) in [6.45, 7) is 5.71. The normalized spacial score (nSPS) is 16.1. The molecule has 1 atom stereocenters. The maximum Gasteiger partial charge on any atom is 0.223 e. The number of carbonyl (C=O) groups excluding carboxylic acids is 2. The van der Waals surface area contributed by atoms with Gasteiger partial charge in [-0.1, -0.05) is 23.8 Å². The number of carbonyl (C=O) groups is 2. The summed E-state index contributed by atoms with van der Waals surface area (Å²) >= 11 is 0. The molecular formula is C23H28N2O3. The molecular weight excluding hydrogens is 352 g/mol. The highest BCUT2D eigenvalue weighted by Crippen LogP contribution is 2.18. The van der Waals surface area contributed by atoms with E-state index in [1.54, 1.807) is 12.4 Å². The van der Waals surface area contributed by atoms with Gasteiger partial charge >= 0.3 is 0 Å². The molecule has 1 unspecified atom stereocenters. The van der Waals surface area contributed by atoms with Gasteiger partial charge in [0.15, 0.2) is 5.78 Å². The van der Waals surface area contributed by atoms with Gasteiger partial charge in [0.05, 0.1) is 6.10 Å². The predicted octanol–water partition coefficient (Wildman–Crippen LogP) is 3.87. The monoisotopic (exact) mass is 380 g/mol. The van der Waals surface area contributed by atoms with Gasteiger partial charge in [-0.25, -0.2) is 0 Å². The zero-order valence-electron chi connectivity index (χ0n) is 16.7. The zero-order chi connectivity index (χ0) is 19.9. The van der Waals surface area contributed by atoms with Crippen LogP contribution >= 0.6 is 0 Å². The van der Waals surface area contributed by atoms with Crippen LogP contribution in [0, 0.1) is 13.8 Å². The Balaban J connectivity index is 1.64. The molecule has 5 heteroatoms. The van der Waals surface area contributed by atoms with E-state index >= 15 is 0 Å². The second-order valence-electron chi connectivity index (χ2n) is 7.51. The number of amides is 1. The van der Waals surface area contributed by atoms with Gasteiger partial charge in [-0.05, 0) is 49.9 Å². The molecule has 0 spiro atoms. The summed E-state index contributed by atoms with van der Waals surface area (Å²) in [4.78, 5) is 31.5. The fourth-order valence-electron chi connectivity index (χ4n) is 3.55. The van der Waals surface area contributed by atoms with Crippen LogP contribution in [0.5, 0.6) is 0 Å². The largest absolute Gasteiger partial charge is 0.376 e. The highest BCUT2D eigenvalue weighted by atomic mass is 16.5. The molecule has 1 fully saturated rings. The molecule has 0 saturated carbocycles. The number of rotatable bonds is 8. The number of benzene rings is 1. The average Bonchev–Trinajstić information content (AvgIpc) is 3.21. The minimum absolute atomic E-state index is 0.0157. The zero-order valence-corrected chi connectivity index (χ0v) is 16.7. The number of pyridine rings is 1. The minimum atomic E-state index is -0.0157. The van der Waals surface area contributed by atoms with Crippen molar-refractivity contribution >= 4 is 11.7 Å². The van der Waals surface area contributed by atoms with E-state index < -0.39 is 0 Å². The van der Waals surface area contributed by atoms with Crippen LogP contribution in [0.2, 0.25) is 0 Å². The van der Waals surface area contributed by atoms with E-state index in [1.807, 2.05) is 49.1 Å². The van der Waals surface area contributed by atoms with Gasteiger partial charge in [-0.2, -0.15) is 0 Å². The summed E-state index contributed by atoms with van der Waals surface area (Å²) < 4.78 is 5.72. The summed E-state index contributed by atoms with van der Waals surface area (Å²) in [6.07, 6.45) is 6.01. The number of ether oxygens (including phenoxy) is 1. The number of aromatic nitrogens is 1. The van der Waals surface area contributed by atoms with Crippen LogP contribution in [0.15, 0.2) is 42.7 Å². The molecule has 2 aromatic rings. The fraction of sp³-hybridized carbons (Fsp3) is 0.435. The lowest BCUT2D eigenvalue weighted by atomic mass is 9.99. The van der Waals surface area contributed by atoms with Gasteiger partial charge < -0.3 is 9.64 Å². The third-order valence-corrected chi connectivity index (χ3v) is 5.16. The minimum Gasteiger partial charge on any atom is -0.376 e. The van der Waals surface area contributed by atoms with E-state index in [4.69, 9.17) is 4.74 Å². The van der Waals surface area contributed by atoms with Gasteiger partial charge in [0.1, 0.15) is 0 Å². The van der Waals surface area contributed by atoms with E-state index in [0.29, 0.717) is 18.7 Å². The van der Waals surface area contributed by atoms with Crippen LogP contribution in [0.3, 0.4) is 0 Å². The van der Waals surface area contributed by atoms with Crippen molar-refractivity contribution in [2.24, 2.45) is 0 Å². The Kier molecular flexibility index (Phi) is 6.93. The first-order valence-corrected chi connectivity index (χ1v) is 9.91. The van der Waals surface area contributed by atoms with Crippen LogP contribution in [0.4, 0.5) is 0 Å². The fourth-order valence-corrected chi connectivity index (χ4v) is 3.55. The molecule has 1 aliphatic rings. The number of hydrogen-bond acceptors (Lipinski definition) is 4. The molecule has 1 aliphatic heterocycles. The lowest BCUT2D eigenvalue weighted by molar-refractivity contribution is -0.133. The molecule has 0 radical (unpaired) electrons. The van der Waals surface area contributed by atoms with Crippen LogP contribution < -0.4 is 0 Å². The number of nitrogens with zero attached hydrogens (tertiary/aromatic N) is 2. The Morgan fingerprint density at radius 1 is 1.21 bits per heavy atom. The third-order valence-electron chi connectivity index (χ3n) is 5.16. The number of Topliss-reactive ketones (excluding diaryl/α,β-unsaturated/α-hetero) is 1.